The molecular weight excluding hydrogens is 350 g/mol. The Morgan fingerprint density at radius 1 is 1.15 bits per heavy atom. The number of thiophene rings is 1. The van der Waals surface area contributed by atoms with Crippen LogP contribution in [0.4, 0.5) is 5.69 Å². The molecule has 4 N–H and O–H groups in total. The molecule has 0 amide bonds. The van der Waals surface area contributed by atoms with Crippen molar-refractivity contribution < 1.29 is 0 Å². The number of aromatic nitrogens is 1. The summed E-state index contributed by atoms with van der Waals surface area (Å²) in [6.07, 6.45) is 3.02. The Bertz CT molecular complexity index is 1100. The SMILES string of the molecule is C=C(NCCc1c[nH]c2ccccc12)c1sc(-c2cccc(C)c2)cc1N. The molecule has 0 aliphatic carbocycles. The summed E-state index contributed by atoms with van der Waals surface area (Å²) >= 11 is 1.69. The average molecular weight is 374 g/mol. The highest BCUT2D eigenvalue weighted by atomic mass is 32.1. The maximum absolute atomic E-state index is 6.26. The summed E-state index contributed by atoms with van der Waals surface area (Å²) in [5, 5.41) is 4.72. The molecule has 0 saturated carbocycles. The van der Waals surface area contributed by atoms with E-state index >= 15 is 0 Å². The highest BCUT2D eigenvalue weighted by Crippen LogP contribution is 2.36. The second-order valence-corrected chi connectivity index (χ2v) is 7.83. The fourth-order valence-corrected chi connectivity index (χ4v) is 4.37. The van der Waals surface area contributed by atoms with Crippen molar-refractivity contribution in [2.45, 2.75) is 13.3 Å². The molecule has 2 aromatic heterocycles. The minimum absolute atomic E-state index is 0.779. The van der Waals surface area contributed by atoms with Crippen LogP contribution in [0.3, 0.4) is 0 Å². The van der Waals surface area contributed by atoms with Crippen LogP contribution in [0, 0.1) is 6.92 Å². The number of hydrogen-bond donors (Lipinski definition) is 3. The number of fused-ring (bicyclic) bond motifs is 1. The van der Waals surface area contributed by atoms with E-state index in [1.54, 1.807) is 11.3 Å². The number of para-hydroxylation sites is 1. The topological polar surface area (TPSA) is 53.8 Å². The van der Waals surface area contributed by atoms with Crippen molar-refractivity contribution in [3.63, 3.8) is 0 Å². The van der Waals surface area contributed by atoms with Crippen LogP contribution >= 0.6 is 11.3 Å². The van der Waals surface area contributed by atoms with Gasteiger partial charge in [0.15, 0.2) is 0 Å². The van der Waals surface area contributed by atoms with E-state index in [-0.39, 0.29) is 0 Å². The predicted octanol–water partition coefficient (Wildman–Crippen LogP) is 5.59. The van der Waals surface area contributed by atoms with Crippen molar-refractivity contribution in [3.8, 4) is 10.4 Å². The van der Waals surface area contributed by atoms with Gasteiger partial charge in [0.1, 0.15) is 0 Å². The lowest BCUT2D eigenvalue weighted by atomic mass is 10.1. The van der Waals surface area contributed by atoms with E-state index in [0.29, 0.717) is 0 Å². The van der Waals surface area contributed by atoms with Crippen LogP contribution in [0.25, 0.3) is 27.0 Å². The van der Waals surface area contributed by atoms with Gasteiger partial charge >= 0.3 is 0 Å². The Balaban J connectivity index is 1.44. The first-order valence-electron chi connectivity index (χ1n) is 9.06. The van der Waals surface area contributed by atoms with Crippen LogP contribution in [0.2, 0.25) is 0 Å². The number of hydrogen-bond acceptors (Lipinski definition) is 3. The van der Waals surface area contributed by atoms with Gasteiger partial charge in [0.2, 0.25) is 0 Å². The Kier molecular flexibility index (Phi) is 4.73. The van der Waals surface area contributed by atoms with Crippen molar-refractivity contribution in [1.82, 2.24) is 10.3 Å². The van der Waals surface area contributed by atoms with Gasteiger partial charge in [-0.25, -0.2) is 0 Å². The third-order valence-corrected chi connectivity index (χ3v) is 6.00. The van der Waals surface area contributed by atoms with E-state index in [4.69, 9.17) is 5.73 Å². The monoisotopic (exact) mass is 373 g/mol. The van der Waals surface area contributed by atoms with Gasteiger partial charge in [0, 0.05) is 34.2 Å². The minimum Gasteiger partial charge on any atom is -0.397 e. The number of rotatable bonds is 6. The molecule has 3 nitrogen and oxygen atoms in total. The van der Waals surface area contributed by atoms with Gasteiger partial charge in [-0.15, -0.1) is 11.3 Å². The molecule has 0 atom stereocenters. The molecular formula is C23H23N3S. The largest absolute Gasteiger partial charge is 0.397 e. The standard InChI is InChI=1S/C23H23N3S/c1-15-6-5-7-17(12-15)22-13-20(24)23(27-22)16(2)25-11-10-18-14-26-21-9-4-3-8-19(18)21/h3-9,12-14,25-26H,2,10-11,24H2,1H3. The summed E-state index contributed by atoms with van der Waals surface area (Å²) in [5.41, 5.74) is 12.9. The number of benzene rings is 2. The van der Waals surface area contributed by atoms with Crippen LogP contribution in [-0.2, 0) is 6.42 Å². The number of aromatic amines is 1. The van der Waals surface area contributed by atoms with Gasteiger partial charge in [0.05, 0.1) is 10.6 Å². The second-order valence-electron chi connectivity index (χ2n) is 6.78. The highest BCUT2D eigenvalue weighted by molar-refractivity contribution is 7.17. The van der Waals surface area contributed by atoms with Gasteiger partial charge in [-0.1, -0.05) is 54.6 Å². The molecule has 2 heterocycles. The molecule has 27 heavy (non-hydrogen) atoms. The Labute approximate surface area is 163 Å². The molecule has 0 bridgehead atoms. The summed E-state index contributed by atoms with van der Waals surface area (Å²) in [6.45, 7) is 7.12. The predicted molar refractivity (Wildman–Crippen MR) is 118 cm³/mol. The zero-order valence-electron chi connectivity index (χ0n) is 15.4. The first kappa shape index (κ1) is 17.4. The van der Waals surface area contributed by atoms with Crippen molar-refractivity contribution in [2.24, 2.45) is 0 Å². The normalized spacial score (nSPS) is 11.0. The quantitative estimate of drug-likeness (QED) is 0.413. The van der Waals surface area contributed by atoms with Gasteiger partial charge < -0.3 is 16.0 Å². The van der Waals surface area contributed by atoms with E-state index in [1.165, 1.54) is 32.5 Å². The molecule has 0 fully saturated rings. The van der Waals surface area contributed by atoms with Crippen molar-refractivity contribution >= 4 is 33.6 Å². The number of H-pyrrole nitrogens is 1. The molecule has 2 aromatic carbocycles. The smallest absolute Gasteiger partial charge is 0.0731 e. The summed E-state index contributed by atoms with van der Waals surface area (Å²) in [4.78, 5) is 5.52. The van der Waals surface area contributed by atoms with Crippen molar-refractivity contribution in [1.29, 1.82) is 0 Å². The number of nitrogens with one attached hydrogen (secondary N) is 2. The van der Waals surface area contributed by atoms with Gasteiger partial charge in [-0.05, 0) is 36.6 Å². The molecule has 4 rings (SSSR count). The maximum atomic E-state index is 6.26. The average Bonchev–Trinajstić information content (AvgIpc) is 3.26. The molecule has 0 aliphatic rings. The third-order valence-electron chi connectivity index (χ3n) is 4.75. The summed E-state index contributed by atoms with van der Waals surface area (Å²) < 4.78 is 0. The van der Waals surface area contributed by atoms with Crippen molar-refractivity contribution in [2.75, 3.05) is 12.3 Å². The second kappa shape index (κ2) is 7.33. The lowest BCUT2D eigenvalue weighted by Crippen LogP contribution is -2.14. The molecule has 4 heteroatoms. The van der Waals surface area contributed by atoms with Gasteiger partial charge in [-0.3, -0.25) is 0 Å². The van der Waals surface area contributed by atoms with Gasteiger partial charge in [-0.2, -0.15) is 0 Å². The lowest BCUT2D eigenvalue weighted by Gasteiger charge is -2.08. The molecule has 0 saturated heterocycles. The first-order chi connectivity index (χ1) is 13.1. The lowest BCUT2D eigenvalue weighted by molar-refractivity contribution is 0.855. The maximum Gasteiger partial charge on any atom is 0.0731 e. The summed E-state index contributed by atoms with van der Waals surface area (Å²) in [5.74, 6) is 0. The van der Waals surface area contributed by atoms with Crippen LogP contribution < -0.4 is 11.1 Å². The number of nitrogens with two attached hydrogens (primary N) is 1. The number of anilines is 1. The number of aryl methyl sites for hydroxylation is 1. The van der Waals surface area contributed by atoms with Crippen LogP contribution in [0.15, 0.2) is 67.4 Å². The number of nitrogen functional groups attached to an aromatic ring is 1. The van der Waals surface area contributed by atoms with Gasteiger partial charge in [0.25, 0.3) is 0 Å². The van der Waals surface area contributed by atoms with E-state index in [0.717, 1.165) is 29.2 Å². The van der Waals surface area contributed by atoms with E-state index in [2.05, 4.69) is 72.5 Å². The molecule has 0 aliphatic heterocycles. The fourth-order valence-electron chi connectivity index (χ4n) is 3.35. The van der Waals surface area contributed by atoms with E-state index < -0.39 is 0 Å². The summed E-state index contributed by atoms with van der Waals surface area (Å²) in [6, 6.07) is 18.9. The van der Waals surface area contributed by atoms with E-state index in [9.17, 15) is 0 Å². The van der Waals surface area contributed by atoms with Crippen LogP contribution in [-0.4, -0.2) is 11.5 Å². The third kappa shape index (κ3) is 3.62. The first-order valence-corrected chi connectivity index (χ1v) is 9.88. The van der Waals surface area contributed by atoms with Crippen molar-refractivity contribution in [3.05, 3.63) is 83.4 Å². The molecule has 0 unspecified atom stereocenters. The minimum atomic E-state index is 0.779. The van der Waals surface area contributed by atoms with E-state index in [1.807, 2.05) is 12.1 Å². The Morgan fingerprint density at radius 3 is 2.85 bits per heavy atom. The zero-order chi connectivity index (χ0) is 18.8. The van der Waals surface area contributed by atoms with Crippen LogP contribution in [0.5, 0.6) is 0 Å². The fraction of sp³-hybridized carbons (Fsp3) is 0.130. The molecule has 4 aromatic rings. The Morgan fingerprint density at radius 2 is 2.00 bits per heavy atom. The molecule has 136 valence electrons. The van der Waals surface area contributed by atoms with Crippen LogP contribution in [0.1, 0.15) is 16.0 Å². The highest BCUT2D eigenvalue weighted by Gasteiger charge is 2.11. The summed E-state index contributed by atoms with van der Waals surface area (Å²) in [7, 11) is 0. The molecule has 0 radical (unpaired) electrons. The Hall–Kier alpha value is -2.98. The molecule has 0 spiro atoms. The zero-order valence-corrected chi connectivity index (χ0v) is 16.2.